The number of imide groups is 1. The summed E-state index contributed by atoms with van der Waals surface area (Å²) in [6.45, 7) is 3.94. The lowest BCUT2D eigenvalue weighted by atomic mass is 10.1. The Labute approximate surface area is 166 Å². The number of aromatic nitrogens is 2. The van der Waals surface area contributed by atoms with Crippen LogP contribution in [0.3, 0.4) is 0 Å². The summed E-state index contributed by atoms with van der Waals surface area (Å²) in [6.07, 6.45) is 0.358. The van der Waals surface area contributed by atoms with Crippen molar-refractivity contribution in [2.24, 2.45) is 0 Å². The Morgan fingerprint density at radius 3 is 2.38 bits per heavy atom. The van der Waals surface area contributed by atoms with Gasteiger partial charge < -0.3 is 4.42 Å². The van der Waals surface area contributed by atoms with E-state index in [4.69, 9.17) is 4.42 Å². The summed E-state index contributed by atoms with van der Waals surface area (Å²) in [7, 11) is 0. The predicted molar refractivity (Wildman–Crippen MR) is 105 cm³/mol. The number of nitrogens with zero attached hydrogens (tertiary/aromatic N) is 3. The highest BCUT2D eigenvalue weighted by Gasteiger charge is 2.30. The van der Waals surface area contributed by atoms with Crippen molar-refractivity contribution >= 4 is 29.4 Å². The van der Waals surface area contributed by atoms with Gasteiger partial charge in [-0.1, -0.05) is 28.4 Å². The highest BCUT2D eigenvalue weighted by molar-refractivity contribution is 6.20. The zero-order valence-corrected chi connectivity index (χ0v) is 15.9. The normalized spacial score (nSPS) is 13.8. The van der Waals surface area contributed by atoms with Crippen LogP contribution in [0.2, 0.25) is 0 Å². The molecule has 3 aromatic rings. The maximum atomic E-state index is 12.6. The Hall–Kier alpha value is -3.81. The number of hydrogen-bond acceptors (Lipinski definition) is 6. The first kappa shape index (κ1) is 18.5. The van der Waals surface area contributed by atoms with Crippen LogP contribution in [0.1, 0.15) is 34.3 Å². The molecule has 8 nitrogen and oxygen atoms in total. The average Bonchev–Trinajstić information content (AvgIpc) is 3.27. The van der Waals surface area contributed by atoms with Gasteiger partial charge >= 0.3 is 6.01 Å². The van der Waals surface area contributed by atoms with Crippen molar-refractivity contribution in [3.8, 4) is 11.5 Å². The van der Waals surface area contributed by atoms with Gasteiger partial charge in [-0.25, -0.2) is 0 Å². The van der Waals surface area contributed by atoms with E-state index < -0.39 is 5.91 Å². The van der Waals surface area contributed by atoms with Crippen molar-refractivity contribution < 1.29 is 18.8 Å². The fourth-order valence-corrected chi connectivity index (χ4v) is 3.31. The summed E-state index contributed by atoms with van der Waals surface area (Å²) in [4.78, 5) is 37.5. The Balaban J connectivity index is 1.53. The second-order valence-corrected chi connectivity index (χ2v) is 6.92. The van der Waals surface area contributed by atoms with Gasteiger partial charge in [-0.3, -0.25) is 24.6 Å². The molecule has 2 heterocycles. The zero-order valence-electron chi connectivity index (χ0n) is 15.9. The summed E-state index contributed by atoms with van der Waals surface area (Å²) < 4.78 is 5.56. The van der Waals surface area contributed by atoms with Crippen molar-refractivity contribution in [2.75, 3.05) is 10.2 Å². The maximum absolute atomic E-state index is 12.6. The minimum atomic E-state index is -0.485. The molecule has 4 rings (SSSR count). The molecule has 0 saturated carbocycles. The molecule has 1 aliphatic heterocycles. The summed E-state index contributed by atoms with van der Waals surface area (Å²) in [5, 5.41) is 10.4. The molecule has 0 atom stereocenters. The van der Waals surface area contributed by atoms with E-state index in [1.54, 1.807) is 18.2 Å². The first-order valence-electron chi connectivity index (χ1n) is 9.10. The van der Waals surface area contributed by atoms with Crippen molar-refractivity contribution in [3.05, 3.63) is 59.2 Å². The second kappa shape index (κ2) is 7.31. The number of hydrogen-bond donors (Lipinski definition) is 1. The van der Waals surface area contributed by atoms with E-state index in [1.165, 1.54) is 6.07 Å². The van der Waals surface area contributed by atoms with Crippen LogP contribution in [0.4, 0.5) is 11.7 Å². The maximum Gasteiger partial charge on any atom is 0.322 e. The minimum absolute atomic E-state index is 0.0390. The van der Waals surface area contributed by atoms with Crippen molar-refractivity contribution in [1.29, 1.82) is 0 Å². The van der Waals surface area contributed by atoms with Crippen molar-refractivity contribution in [2.45, 2.75) is 26.7 Å². The van der Waals surface area contributed by atoms with Crippen LogP contribution >= 0.6 is 0 Å². The smallest absolute Gasteiger partial charge is 0.322 e. The molecule has 1 aromatic heterocycles. The topological polar surface area (TPSA) is 105 Å². The third-order valence-electron chi connectivity index (χ3n) is 4.53. The van der Waals surface area contributed by atoms with Gasteiger partial charge in [-0.05, 0) is 44.2 Å². The second-order valence-electron chi connectivity index (χ2n) is 6.92. The van der Waals surface area contributed by atoms with Crippen LogP contribution in [0, 0.1) is 13.8 Å². The van der Waals surface area contributed by atoms with Gasteiger partial charge in [0.25, 0.3) is 5.91 Å². The Morgan fingerprint density at radius 1 is 1.00 bits per heavy atom. The molecule has 1 saturated heterocycles. The van der Waals surface area contributed by atoms with E-state index in [0.717, 1.165) is 21.6 Å². The quantitative estimate of drug-likeness (QED) is 0.686. The van der Waals surface area contributed by atoms with E-state index in [0.29, 0.717) is 11.6 Å². The average molecular weight is 390 g/mol. The Bertz CT molecular complexity index is 1100. The van der Waals surface area contributed by atoms with Gasteiger partial charge in [-0.2, -0.15) is 0 Å². The molecule has 2 aromatic carbocycles. The summed E-state index contributed by atoms with van der Waals surface area (Å²) in [5.74, 6) is -0.735. The third kappa shape index (κ3) is 3.77. The number of aryl methyl sites for hydroxylation is 2. The highest BCUT2D eigenvalue weighted by Crippen LogP contribution is 2.25. The lowest BCUT2D eigenvalue weighted by molar-refractivity contribution is -0.121. The van der Waals surface area contributed by atoms with Crippen LogP contribution in [0.5, 0.6) is 0 Å². The number of nitrogens with one attached hydrogen (secondary N) is 1. The first-order chi connectivity index (χ1) is 13.9. The molecule has 1 aliphatic rings. The molecule has 3 amide bonds. The van der Waals surface area contributed by atoms with Crippen molar-refractivity contribution in [1.82, 2.24) is 10.2 Å². The molecule has 0 spiro atoms. The van der Waals surface area contributed by atoms with Crippen LogP contribution < -0.4 is 10.2 Å². The van der Waals surface area contributed by atoms with Gasteiger partial charge in [0.15, 0.2) is 0 Å². The molecule has 0 bridgehead atoms. The largest absolute Gasteiger partial charge is 0.403 e. The number of amides is 3. The monoisotopic (exact) mass is 390 g/mol. The van der Waals surface area contributed by atoms with Gasteiger partial charge in [0, 0.05) is 24.0 Å². The Kier molecular flexibility index (Phi) is 4.67. The van der Waals surface area contributed by atoms with Crippen LogP contribution in [0.15, 0.2) is 46.9 Å². The van der Waals surface area contributed by atoms with Gasteiger partial charge in [0.1, 0.15) is 0 Å². The van der Waals surface area contributed by atoms with E-state index in [-0.39, 0.29) is 36.2 Å². The third-order valence-corrected chi connectivity index (χ3v) is 4.53. The number of benzene rings is 2. The predicted octanol–water partition coefficient (Wildman–Crippen LogP) is 3.26. The molecule has 1 fully saturated rings. The number of anilines is 2. The first-order valence-corrected chi connectivity index (χ1v) is 9.10. The van der Waals surface area contributed by atoms with Crippen LogP contribution in [-0.4, -0.2) is 27.9 Å². The molecule has 0 radical (unpaired) electrons. The SMILES string of the molecule is Cc1cc(C)cc(-c2nnc(NC(=O)c3cccc(N4C(=O)CCC4=O)c3)o2)c1. The van der Waals surface area contributed by atoms with E-state index >= 15 is 0 Å². The zero-order chi connectivity index (χ0) is 20.5. The van der Waals surface area contributed by atoms with Gasteiger partial charge in [-0.15, -0.1) is 5.10 Å². The minimum Gasteiger partial charge on any atom is -0.403 e. The molecule has 8 heteroatoms. The molecular weight excluding hydrogens is 372 g/mol. The van der Waals surface area contributed by atoms with E-state index in [2.05, 4.69) is 15.5 Å². The number of rotatable bonds is 4. The highest BCUT2D eigenvalue weighted by atomic mass is 16.4. The number of carbonyl (C=O) groups excluding carboxylic acids is 3. The van der Waals surface area contributed by atoms with Gasteiger partial charge in [0.2, 0.25) is 17.7 Å². The lowest BCUT2D eigenvalue weighted by Gasteiger charge is -2.14. The molecule has 1 N–H and O–H groups in total. The van der Waals surface area contributed by atoms with Crippen molar-refractivity contribution in [3.63, 3.8) is 0 Å². The molecule has 0 aliphatic carbocycles. The lowest BCUT2D eigenvalue weighted by Crippen LogP contribution is -2.28. The molecule has 146 valence electrons. The fraction of sp³-hybridized carbons (Fsp3) is 0.190. The van der Waals surface area contributed by atoms with E-state index in [1.807, 2.05) is 32.0 Å². The van der Waals surface area contributed by atoms with Gasteiger partial charge in [0.05, 0.1) is 5.69 Å². The number of carbonyl (C=O) groups is 3. The van der Waals surface area contributed by atoms with E-state index in [9.17, 15) is 14.4 Å². The summed E-state index contributed by atoms with van der Waals surface area (Å²) in [6, 6.07) is 12.1. The molecule has 0 unspecified atom stereocenters. The summed E-state index contributed by atoms with van der Waals surface area (Å²) >= 11 is 0. The fourth-order valence-electron chi connectivity index (χ4n) is 3.31. The summed E-state index contributed by atoms with van der Waals surface area (Å²) in [5.41, 5.74) is 3.52. The Morgan fingerprint density at radius 2 is 1.69 bits per heavy atom. The molecular formula is C21H18N4O4. The van der Waals surface area contributed by atoms with Crippen LogP contribution in [0.25, 0.3) is 11.5 Å². The standard InChI is InChI=1S/C21H18N4O4/c1-12-8-13(2)10-15(9-12)20-23-24-21(29-20)22-19(28)14-4-3-5-16(11-14)25-17(26)6-7-18(25)27/h3-5,8-11H,6-7H2,1-2H3,(H,22,24,28). The van der Waals surface area contributed by atoms with Crippen LogP contribution in [-0.2, 0) is 9.59 Å². The molecule has 29 heavy (non-hydrogen) atoms.